The zero-order valence-electron chi connectivity index (χ0n) is 28.2. The van der Waals surface area contributed by atoms with Crippen molar-refractivity contribution >= 4 is 0 Å². The van der Waals surface area contributed by atoms with E-state index in [1.165, 1.54) is 141 Å². The largest absolute Gasteiger partial charge is 0.381 e. The molecule has 0 aromatic carbocycles. The molecule has 0 heterocycles. The van der Waals surface area contributed by atoms with E-state index in [2.05, 4.69) is 39.8 Å². The third-order valence-electron chi connectivity index (χ3n) is 12.4. The topological polar surface area (TPSA) is 9.23 Å². The molecule has 0 bridgehead atoms. The highest BCUT2D eigenvalue weighted by Crippen LogP contribution is 2.39. The van der Waals surface area contributed by atoms with E-state index < -0.39 is 0 Å². The molecule has 2 unspecified atom stereocenters. The summed E-state index contributed by atoms with van der Waals surface area (Å²) < 4.78 is 6.06. The molecule has 41 heavy (non-hydrogen) atoms. The smallest absolute Gasteiger partial charge is 0.0469 e. The number of allylic oxidation sites excluding steroid dienone is 4. The van der Waals surface area contributed by atoms with Crippen LogP contribution in [0.5, 0.6) is 0 Å². The standard InChI is InChI=1S/C40H70O/c1-31(2)39-25-21-37(22-26-39)19-17-35-13-9-33(10-14-35)7-5-29-41-30-6-8-34-11-15-36(16-12-34)18-20-38-23-27-40(28-24-38)32(3)4/h9,11,31-32,35-40H,5-8,10,12-30H2,1-4H3. The molecule has 1 nitrogen and oxygen atoms in total. The minimum absolute atomic E-state index is 0.898. The molecule has 2 saturated carbocycles. The van der Waals surface area contributed by atoms with Crippen LogP contribution in [0.15, 0.2) is 23.3 Å². The van der Waals surface area contributed by atoms with Crippen molar-refractivity contribution in [1.29, 1.82) is 0 Å². The Morgan fingerprint density at radius 1 is 0.537 bits per heavy atom. The molecule has 2 fully saturated rings. The summed E-state index contributed by atoms with van der Waals surface area (Å²) >= 11 is 0. The predicted octanol–water partition coefficient (Wildman–Crippen LogP) is 12.5. The fourth-order valence-corrected chi connectivity index (χ4v) is 9.00. The average Bonchev–Trinajstić information content (AvgIpc) is 3.00. The van der Waals surface area contributed by atoms with E-state index in [1.54, 1.807) is 11.1 Å². The summed E-state index contributed by atoms with van der Waals surface area (Å²) in [6.45, 7) is 11.6. The zero-order chi connectivity index (χ0) is 28.9. The van der Waals surface area contributed by atoms with E-state index in [-0.39, 0.29) is 0 Å². The van der Waals surface area contributed by atoms with Crippen molar-refractivity contribution in [3.63, 3.8) is 0 Å². The van der Waals surface area contributed by atoms with E-state index in [0.717, 1.165) is 60.6 Å². The SMILES string of the molecule is CC(C)C1CCC(CCC2CC=C(CCCOCCCC3=CCC(CCC4CCC(C(C)C)CC4)CC3)CC2)CC1. The average molecular weight is 567 g/mol. The Kier molecular flexibility index (Phi) is 14.9. The monoisotopic (exact) mass is 567 g/mol. The van der Waals surface area contributed by atoms with Gasteiger partial charge >= 0.3 is 0 Å². The maximum atomic E-state index is 6.06. The van der Waals surface area contributed by atoms with Crippen molar-refractivity contribution < 1.29 is 4.74 Å². The van der Waals surface area contributed by atoms with E-state index in [4.69, 9.17) is 4.74 Å². The van der Waals surface area contributed by atoms with Gasteiger partial charge in [0.2, 0.25) is 0 Å². The van der Waals surface area contributed by atoms with E-state index in [9.17, 15) is 0 Å². The van der Waals surface area contributed by atoms with Crippen LogP contribution in [-0.2, 0) is 4.74 Å². The molecule has 4 aliphatic carbocycles. The van der Waals surface area contributed by atoms with Gasteiger partial charge in [-0.05, 0) is 150 Å². The first-order valence-electron chi connectivity index (χ1n) is 18.9. The predicted molar refractivity (Wildman–Crippen MR) is 179 cm³/mol. The van der Waals surface area contributed by atoms with Gasteiger partial charge in [0.25, 0.3) is 0 Å². The van der Waals surface area contributed by atoms with Gasteiger partial charge in [0.15, 0.2) is 0 Å². The van der Waals surface area contributed by atoms with Gasteiger partial charge in [0.1, 0.15) is 0 Å². The van der Waals surface area contributed by atoms with Crippen molar-refractivity contribution in [2.75, 3.05) is 13.2 Å². The Bertz CT molecular complexity index is 694. The van der Waals surface area contributed by atoms with Crippen LogP contribution in [0.25, 0.3) is 0 Å². The Balaban J connectivity index is 0.954. The van der Waals surface area contributed by atoms with Gasteiger partial charge < -0.3 is 4.74 Å². The number of hydrogen-bond donors (Lipinski definition) is 0. The molecule has 0 aromatic heterocycles. The summed E-state index contributed by atoms with van der Waals surface area (Å²) in [7, 11) is 0. The molecule has 1 heteroatoms. The van der Waals surface area contributed by atoms with Crippen LogP contribution < -0.4 is 0 Å². The van der Waals surface area contributed by atoms with Gasteiger partial charge in [-0.2, -0.15) is 0 Å². The minimum Gasteiger partial charge on any atom is -0.381 e. The zero-order valence-corrected chi connectivity index (χ0v) is 28.2. The molecule has 4 aliphatic rings. The maximum Gasteiger partial charge on any atom is 0.0469 e. The molecule has 0 aromatic rings. The summed E-state index contributed by atoms with van der Waals surface area (Å²) in [5, 5.41) is 0. The van der Waals surface area contributed by atoms with E-state index >= 15 is 0 Å². The number of hydrogen-bond acceptors (Lipinski definition) is 1. The molecule has 0 N–H and O–H groups in total. The molecule has 0 amide bonds. The van der Waals surface area contributed by atoms with Crippen LogP contribution in [0.4, 0.5) is 0 Å². The first-order chi connectivity index (χ1) is 20.0. The highest BCUT2D eigenvalue weighted by atomic mass is 16.5. The molecular weight excluding hydrogens is 496 g/mol. The van der Waals surface area contributed by atoms with Crippen molar-refractivity contribution in [1.82, 2.24) is 0 Å². The summed E-state index contributed by atoms with van der Waals surface area (Å²) in [4.78, 5) is 0. The van der Waals surface area contributed by atoms with Crippen molar-refractivity contribution in [3.8, 4) is 0 Å². The summed E-state index contributed by atoms with van der Waals surface area (Å²) in [5.74, 6) is 7.83. The molecule has 4 rings (SSSR count). The molecular formula is C40H70O. The fourth-order valence-electron chi connectivity index (χ4n) is 9.00. The fraction of sp³-hybridized carbons (Fsp3) is 0.900. The maximum absolute atomic E-state index is 6.06. The van der Waals surface area contributed by atoms with Crippen LogP contribution >= 0.6 is 0 Å². The Morgan fingerprint density at radius 2 is 0.927 bits per heavy atom. The third-order valence-corrected chi connectivity index (χ3v) is 12.4. The van der Waals surface area contributed by atoms with Gasteiger partial charge in [-0.3, -0.25) is 0 Å². The van der Waals surface area contributed by atoms with Crippen LogP contribution in [0.3, 0.4) is 0 Å². The second-order valence-electron chi connectivity index (χ2n) is 16.0. The quantitative estimate of drug-likeness (QED) is 0.133. The first kappa shape index (κ1) is 33.3. The highest BCUT2D eigenvalue weighted by molar-refractivity contribution is 5.07. The van der Waals surface area contributed by atoms with Crippen molar-refractivity contribution in [3.05, 3.63) is 23.3 Å². The van der Waals surface area contributed by atoms with Gasteiger partial charge in [0, 0.05) is 13.2 Å². The van der Waals surface area contributed by atoms with Gasteiger partial charge in [-0.15, -0.1) is 0 Å². The molecule has 0 radical (unpaired) electrons. The van der Waals surface area contributed by atoms with E-state index in [1.807, 2.05) is 0 Å². The van der Waals surface area contributed by atoms with Gasteiger partial charge in [-0.25, -0.2) is 0 Å². The minimum atomic E-state index is 0.898. The molecule has 0 saturated heterocycles. The highest BCUT2D eigenvalue weighted by Gasteiger charge is 2.25. The lowest BCUT2D eigenvalue weighted by atomic mass is 9.74. The van der Waals surface area contributed by atoms with Crippen molar-refractivity contribution in [2.45, 2.75) is 169 Å². The molecule has 236 valence electrons. The summed E-state index contributed by atoms with van der Waals surface area (Å²) in [6, 6.07) is 0. The lowest BCUT2D eigenvalue weighted by Crippen LogP contribution is -2.19. The number of ether oxygens (including phenoxy) is 1. The van der Waals surface area contributed by atoms with Crippen LogP contribution in [-0.4, -0.2) is 13.2 Å². The lowest BCUT2D eigenvalue weighted by Gasteiger charge is -2.32. The van der Waals surface area contributed by atoms with Crippen molar-refractivity contribution in [2.24, 2.45) is 47.3 Å². The number of rotatable bonds is 16. The van der Waals surface area contributed by atoms with Crippen LogP contribution in [0.1, 0.15) is 169 Å². The van der Waals surface area contributed by atoms with Gasteiger partial charge in [0.05, 0.1) is 0 Å². The Hall–Kier alpha value is -0.560. The van der Waals surface area contributed by atoms with Crippen LogP contribution in [0.2, 0.25) is 0 Å². The van der Waals surface area contributed by atoms with Crippen LogP contribution in [0, 0.1) is 47.3 Å². The molecule has 2 atom stereocenters. The Morgan fingerprint density at radius 3 is 1.27 bits per heavy atom. The third kappa shape index (κ3) is 12.2. The molecule has 0 spiro atoms. The van der Waals surface area contributed by atoms with Gasteiger partial charge in [-0.1, -0.05) is 89.5 Å². The Labute approximate surface area is 257 Å². The second kappa shape index (κ2) is 18.3. The second-order valence-corrected chi connectivity index (χ2v) is 16.0. The lowest BCUT2D eigenvalue weighted by molar-refractivity contribution is 0.129. The summed E-state index contributed by atoms with van der Waals surface area (Å²) in [6.07, 6.45) is 36.5. The summed E-state index contributed by atoms with van der Waals surface area (Å²) in [5.41, 5.74) is 3.46. The first-order valence-corrected chi connectivity index (χ1v) is 18.9. The van der Waals surface area contributed by atoms with E-state index in [0.29, 0.717) is 0 Å². The normalized spacial score (nSPS) is 31.4. The molecule has 0 aliphatic heterocycles.